The molecular formula is C14H24O2. The highest BCUT2D eigenvalue weighted by Crippen LogP contribution is 2.02. The third-order valence-corrected chi connectivity index (χ3v) is 1.31. The molecule has 0 spiro atoms. The van der Waals surface area contributed by atoms with E-state index in [1.54, 1.807) is 18.2 Å². The number of aldehydes is 1. The van der Waals surface area contributed by atoms with Crippen molar-refractivity contribution in [1.29, 1.82) is 0 Å². The zero-order valence-electron chi connectivity index (χ0n) is 11.0. The van der Waals surface area contributed by atoms with E-state index in [0.717, 1.165) is 19.0 Å². The lowest BCUT2D eigenvalue weighted by atomic mass is 10.1. The maximum atomic E-state index is 10.2. The normalized spacial score (nSPS) is 6.62. The summed E-state index contributed by atoms with van der Waals surface area (Å²) in [4.78, 5) is 10.2. The highest BCUT2D eigenvalue weighted by molar-refractivity contribution is 5.75. The van der Waals surface area contributed by atoms with Crippen molar-refractivity contribution >= 4 is 12.4 Å². The number of rotatable bonds is 2. The molecule has 92 valence electrons. The second kappa shape index (κ2) is 19.2. The van der Waals surface area contributed by atoms with Gasteiger partial charge >= 0.3 is 0 Å². The van der Waals surface area contributed by atoms with E-state index < -0.39 is 0 Å². The minimum Gasteiger partial charge on any atom is -0.400 e. The predicted octanol–water partition coefficient (Wildman–Crippen LogP) is 3.80. The van der Waals surface area contributed by atoms with E-state index in [4.69, 9.17) is 5.11 Å². The molecule has 0 fully saturated rings. The second-order valence-electron chi connectivity index (χ2n) is 1.99. The van der Waals surface area contributed by atoms with Crippen LogP contribution < -0.4 is 0 Å². The molecule has 0 unspecified atom stereocenters. The summed E-state index contributed by atoms with van der Waals surface area (Å²) in [5.41, 5.74) is 1.73. The number of hydrogen-bond acceptors (Lipinski definition) is 2. The molecule has 0 atom stereocenters. The fraction of sp³-hybridized carbons (Fsp3) is 0.357. The van der Waals surface area contributed by atoms with Crippen LogP contribution in [0, 0.1) is 0 Å². The first-order chi connectivity index (χ1) is 7.86. The molecule has 1 aromatic rings. The van der Waals surface area contributed by atoms with Crippen molar-refractivity contribution < 1.29 is 9.90 Å². The van der Waals surface area contributed by atoms with E-state index in [9.17, 15) is 4.79 Å². The summed E-state index contributed by atoms with van der Waals surface area (Å²) in [6.07, 6.45) is 2.57. The number of carbonyl (C=O) groups excluding carboxylic acids is 1. The Bertz CT molecular complexity index is 210. The van der Waals surface area contributed by atoms with Crippen LogP contribution in [0.15, 0.2) is 30.8 Å². The van der Waals surface area contributed by atoms with E-state index >= 15 is 0 Å². The molecule has 1 rings (SSSR count). The SMILES string of the molecule is C=Cc1ccc(C=O)cc1.CC.CC.CO. The van der Waals surface area contributed by atoms with Gasteiger partial charge in [0.05, 0.1) is 0 Å². The van der Waals surface area contributed by atoms with E-state index in [1.807, 2.05) is 39.8 Å². The molecule has 2 heteroatoms. The Morgan fingerprint density at radius 3 is 1.50 bits per heavy atom. The quantitative estimate of drug-likeness (QED) is 0.776. The van der Waals surface area contributed by atoms with Gasteiger partial charge in [-0.15, -0.1) is 0 Å². The van der Waals surface area contributed by atoms with Crippen LogP contribution >= 0.6 is 0 Å². The minimum atomic E-state index is 0.700. The van der Waals surface area contributed by atoms with Crippen molar-refractivity contribution in [1.82, 2.24) is 0 Å². The van der Waals surface area contributed by atoms with Crippen molar-refractivity contribution in [3.63, 3.8) is 0 Å². The van der Waals surface area contributed by atoms with Gasteiger partial charge in [0.2, 0.25) is 0 Å². The Hall–Kier alpha value is -1.41. The number of aliphatic hydroxyl groups excluding tert-OH is 1. The Morgan fingerprint density at radius 2 is 1.25 bits per heavy atom. The molecular weight excluding hydrogens is 200 g/mol. The molecule has 0 saturated heterocycles. The first kappa shape index (κ1) is 20.1. The lowest BCUT2D eigenvalue weighted by molar-refractivity contribution is 0.112. The fourth-order valence-electron chi connectivity index (χ4n) is 0.711. The summed E-state index contributed by atoms with van der Waals surface area (Å²) in [5.74, 6) is 0. The topological polar surface area (TPSA) is 37.3 Å². The molecule has 2 nitrogen and oxygen atoms in total. The molecule has 0 aliphatic rings. The molecule has 0 heterocycles. The number of carbonyl (C=O) groups is 1. The van der Waals surface area contributed by atoms with Gasteiger partial charge in [-0.1, -0.05) is 64.6 Å². The van der Waals surface area contributed by atoms with Gasteiger partial charge in [0.25, 0.3) is 0 Å². The van der Waals surface area contributed by atoms with E-state index in [-0.39, 0.29) is 0 Å². The third kappa shape index (κ3) is 10.7. The Kier molecular flexibility index (Phi) is 24.1. The zero-order chi connectivity index (χ0) is 13.4. The Balaban J connectivity index is -0.000000245. The summed E-state index contributed by atoms with van der Waals surface area (Å²) < 4.78 is 0. The molecule has 0 aromatic heterocycles. The summed E-state index contributed by atoms with van der Waals surface area (Å²) in [6, 6.07) is 7.25. The predicted molar refractivity (Wildman–Crippen MR) is 72.8 cm³/mol. The molecule has 1 aromatic carbocycles. The monoisotopic (exact) mass is 224 g/mol. The maximum absolute atomic E-state index is 10.2. The number of hydrogen-bond donors (Lipinski definition) is 1. The highest BCUT2D eigenvalue weighted by atomic mass is 16.2. The summed E-state index contributed by atoms with van der Waals surface area (Å²) in [7, 11) is 1.00. The number of benzene rings is 1. The fourth-order valence-corrected chi connectivity index (χ4v) is 0.711. The van der Waals surface area contributed by atoms with Gasteiger partial charge in [-0.25, -0.2) is 0 Å². The van der Waals surface area contributed by atoms with E-state index in [0.29, 0.717) is 5.56 Å². The maximum Gasteiger partial charge on any atom is 0.150 e. The summed E-state index contributed by atoms with van der Waals surface area (Å²) in [6.45, 7) is 11.6. The van der Waals surface area contributed by atoms with Crippen LogP contribution in [0.4, 0.5) is 0 Å². The van der Waals surface area contributed by atoms with Gasteiger partial charge in [0.15, 0.2) is 0 Å². The average molecular weight is 224 g/mol. The van der Waals surface area contributed by atoms with Gasteiger partial charge in [-0.05, 0) is 5.56 Å². The van der Waals surface area contributed by atoms with Gasteiger partial charge in [-0.3, -0.25) is 4.79 Å². The van der Waals surface area contributed by atoms with Crippen molar-refractivity contribution in [2.75, 3.05) is 7.11 Å². The van der Waals surface area contributed by atoms with Crippen molar-refractivity contribution in [3.8, 4) is 0 Å². The molecule has 0 aliphatic heterocycles. The standard InChI is InChI=1S/C9H8O.2C2H6.CH4O/c1-2-8-3-5-9(7-10)6-4-8;3*1-2/h2-7H,1H2;2*1-2H3;2H,1H3. The minimum absolute atomic E-state index is 0.700. The first-order valence-corrected chi connectivity index (χ1v) is 5.49. The lowest BCUT2D eigenvalue weighted by Gasteiger charge is -1.90. The lowest BCUT2D eigenvalue weighted by Crippen LogP contribution is -1.77. The van der Waals surface area contributed by atoms with Gasteiger partial charge < -0.3 is 5.11 Å². The van der Waals surface area contributed by atoms with Crippen LogP contribution in [0.3, 0.4) is 0 Å². The molecule has 0 radical (unpaired) electrons. The van der Waals surface area contributed by atoms with Crippen molar-refractivity contribution in [2.45, 2.75) is 27.7 Å². The van der Waals surface area contributed by atoms with Crippen molar-refractivity contribution in [2.24, 2.45) is 0 Å². The Labute approximate surface area is 99.6 Å². The first-order valence-electron chi connectivity index (χ1n) is 5.49. The van der Waals surface area contributed by atoms with Crippen LogP contribution in [0.2, 0.25) is 0 Å². The summed E-state index contributed by atoms with van der Waals surface area (Å²) in [5, 5.41) is 7.00. The van der Waals surface area contributed by atoms with Crippen LogP contribution in [-0.2, 0) is 0 Å². The van der Waals surface area contributed by atoms with Crippen molar-refractivity contribution in [3.05, 3.63) is 42.0 Å². The number of aliphatic hydroxyl groups is 1. The van der Waals surface area contributed by atoms with Gasteiger partial charge in [0.1, 0.15) is 6.29 Å². The van der Waals surface area contributed by atoms with E-state index in [1.165, 1.54) is 0 Å². The van der Waals surface area contributed by atoms with E-state index in [2.05, 4.69) is 6.58 Å². The highest BCUT2D eigenvalue weighted by Gasteiger charge is 1.86. The zero-order valence-corrected chi connectivity index (χ0v) is 11.0. The average Bonchev–Trinajstić information content (AvgIpc) is 2.45. The van der Waals surface area contributed by atoms with Gasteiger partial charge in [0, 0.05) is 12.7 Å². The third-order valence-electron chi connectivity index (χ3n) is 1.31. The summed E-state index contributed by atoms with van der Waals surface area (Å²) >= 11 is 0. The molecule has 0 saturated carbocycles. The Morgan fingerprint density at radius 1 is 0.938 bits per heavy atom. The molecule has 1 N–H and O–H groups in total. The van der Waals surface area contributed by atoms with Crippen LogP contribution in [0.5, 0.6) is 0 Å². The molecule has 0 aliphatic carbocycles. The second-order valence-corrected chi connectivity index (χ2v) is 1.99. The largest absolute Gasteiger partial charge is 0.400 e. The van der Waals surface area contributed by atoms with Crippen LogP contribution in [0.25, 0.3) is 6.08 Å². The molecule has 0 bridgehead atoms. The van der Waals surface area contributed by atoms with Crippen LogP contribution in [-0.4, -0.2) is 18.5 Å². The smallest absolute Gasteiger partial charge is 0.150 e. The van der Waals surface area contributed by atoms with Crippen LogP contribution in [0.1, 0.15) is 43.6 Å². The van der Waals surface area contributed by atoms with Gasteiger partial charge in [-0.2, -0.15) is 0 Å². The molecule has 0 amide bonds. The molecule has 16 heavy (non-hydrogen) atoms.